The second-order valence-electron chi connectivity index (χ2n) is 7.97. The van der Waals surface area contributed by atoms with E-state index >= 15 is 0 Å². The topological polar surface area (TPSA) is 118 Å². The zero-order valence-electron chi connectivity index (χ0n) is 18.7. The summed E-state index contributed by atoms with van der Waals surface area (Å²) in [6.45, 7) is 0. The van der Waals surface area contributed by atoms with Crippen LogP contribution >= 0.6 is 0 Å². The van der Waals surface area contributed by atoms with Crippen LogP contribution in [-0.4, -0.2) is 62.2 Å². The van der Waals surface area contributed by atoms with Gasteiger partial charge in [0, 0.05) is 38.4 Å². The van der Waals surface area contributed by atoms with E-state index in [-0.39, 0.29) is 7.33 Å². The summed E-state index contributed by atoms with van der Waals surface area (Å²) in [6.07, 6.45) is 13.9. The Balaban J connectivity index is 0.000000250. The van der Waals surface area contributed by atoms with Gasteiger partial charge in [0.1, 0.15) is 11.4 Å². The van der Waals surface area contributed by atoms with E-state index in [0.29, 0.717) is 28.7 Å². The van der Waals surface area contributed by atoms with Crippen LogP contribution in [0.1, 0.15) is 43.9 Å². The molecule has 10 nitrogen and oxygen atoms in total. The van der Waals surface area contributed by atoms with Crippen molar-refractivity contribution in [3.05, 3.63) is 48.5 Å². The average Bonchev–Trinajstić information content (AvgIpc) is 3.50. The lowest BCUT2D eigenvalue weighted by atomic mass is 9.95. The van der Waals surface area contributed by atoms with Crippen molar-refractivity contribution in [2.75, 3.05) is 19.5 Å². The first kappa shape index (κ1) is 22.3. The second kappa shape index (κ2) is 10.1. The first-order valence-corrected chi connectivity index (χ1v) is 10.9. The number of hydrogen-bond donors (Lipinski definition) is 2. The summed E-state index contributed by atoms with van der Waals surface area (Å²) >= 11 is 0. The zero-order chi connectivity index (χ0) is 23.2. The van der Waals surface area contributed by atoms with E-state index in [1.54, 1.807) is 52.4 Å². The van der Waals surface area contributed by atoms with Gasteiger partial charge in [-0.15, -0.1) is 0 Å². The molecule has 3 aromatic heterocycles. The summed E-state index contributed by atoms with van der Waals surface area (Å²) in [4.78, 5) is 29.0. The normalized spacial score (nSPS) is 13.9. The predicted octanol–water partition coefficient (Wildman–Crippen LogP) is 3.52. The molecule has 0 saturated heterocycles. The SMILES string of the molecule is CN(C=O)C1CCCCC1.COc1cc2[nH]ncc2cc1C(=O)Nc1cnn2cccnc12.[HH]. The third kappa shape index (κ3) is 4.94. The van der Waals surface area contributed by atoms with Crippen molar-refractivity contribution in [1.29, 1.82) is 0 Å². The van der Waals surface area contributed by atoms with Crippen molar-refractivity contribution in [1.82, 2.24) is 29.7 Å². The van der Waals surface area contributed by atoms with Crippen LogP contribution in [0.15, 0.2) is 43.0 Å². The van der Waals surface area contributed by atoms with Gasteiger partial charge in [0.05, 0.1) is 30.6 Å². The van der Waals surface area contributed by atoms with Crippen LogP contribution in [0, 0.1) is 0 Å². The summed E-state index contributed by atoms with van der Waals surface area (Å²) < 4.78 is 6.89. The van der Waals surface area contributed by atoms with Gasteiger partial charge in [0.25, 0.3) is 5.91 Å². The molecule has 0 bridgehead atoms. The zero-order valence-corrected chi connectivity index (χ0v) is 18.7. The van der Waals surface area contributed by atoms with Gasteiger partial charge < -0.3 is 15.0 Å². The van der Waals surface area contributed by atoms with E-state index in [0.717, 1.165) is 17.3 Å². The maximum Gasteiger partial charge on any atom is 0.259 e. The second-order valence-corrected chi connectivity index (χ2v) is 7.97. The molecular formula is C23H29N7O3. The van der Waals surface area contributed by atoms with Crippen molar-refractivity contribution in [2.24, 2.45) is 0 Å². The lowest BCUT2D eigenvalue weighted by Gasteiger charge is -2.27. The molecule has 1 aliphatic rings. The van der Waals surface area contributed by atoms with Crippen LogP contribution < -0.4 is 10.1 Å². The van der Waals surface area contributed by atoms with Crippen molar-refractivity contribution >= 4 is 34.6 Å². The molecule has 0 unspecified atom stereocenters. The Morgan fingerprint density at radius 2 is 2.12 bits per heavy atom. The molecule has 33 heavy (non-hydrogen) atoms. The monoisotopic (exact) mass is 451 g/mol. The molecule has 2 amide bonds. The molecule has 0 atom stereocenters. The van der Waals surface area contributed by atoms with Gasteiger partial charge in [-0.1, -0.05) is 19.3 Å². The molecule has 1 aliphatic carbocycles. The minimum absolute atomic E-state index is 0. The Bertz CT molecular complexity index is 1250. The van der Waals surface area contributed by atoms with Crippen LogP contribution in [0.25, 0.3) is 16.6 Å². The largest absolute Gasteiger partial charge is 0.496 e. The number of H-pyrrole nitrogens is 1. The number of aromatic nitrogens is 5. The minimum atomic E-state index is -0.300. The molecule has 1 fully saturated rings. The fourth-order valence-electron chi connectivity index (χ4n) is 4.00. The lowest BCUT2D eigenvalue weighted by Crippen LogP contribution is -2.31. The molecule has 174 valence electrons. The third-order valence-corrected chi connectivity index (χ3v) is 5.85. The highest BCUT2D eigenvalue weighted by atomic mass is 16.5. The van der Waals surface area contributed by atoms with Gasteiger partial charge >= 0.3 is 0 Å². The van der Waals surface area contributed by atoms with E-state index in [4.69, 9.17) is 4.74 Å². The highest BCUT2D eigenvalue weighted by molar-refractivity contribution is 6.09. The van der Waals surface area contributed by atoms with E-state index < -0.39 is 0 Å². The van der Waals surface area contributed by atoms with Crippen LogP contribution in [0.4, 0.5) is 5.69 Å². The maximum absolute atomic E-state index is 12.6. The van der Waals surface area contributed by atoms with Gasteiger partial charge in [-0.2, -0.15) is 10.2 Å². The Hall–Kier alpha value is -3.95. The number of carbonyl (C=O) groups excluding carboxylic acids is 2. The number of nitrogens with one attached hydrogen (secondary N) is 2. The number of nitrogens with zero attached hydrogens (tertiary/aromatic N) is 5. The number of amides is 2. The maximum atomic E-state index is 12.6. The number of rotatable bonds is 5. The fourth-order valence-corrected chi connectivity index (χ4v) is 4.00. The minimum Gasteiger partial charge on any atom is -0.496 e. The first-order chi connectivity index (χ1) is 16.1. The van der Waals surface area contributed by atoms with Crippen molar-refractivity contribution < 1.29 is 15.8 Å². The lowest BCUT2D eigenvalue weighted by molar-refractivity contribution is -0.119. The third-order valence-electron chi connectivity index (χ3n) is 5.85. The highest BCUT2D eigenvalue weighted by Crippen LogP contribution is 2.26. The van der Waals surface area contributed by atoms with E-state index in [2.05, 4.69) is 25.6 Å². The van der Waals surface area contributed by atoms with Crippen LogP contribution in [0.3, 0.4) is 0 Å². The van der Waals surface area contributed by atoms with Gasteiger partial charge in [0.2, 0.25) is 6.41 Å². The molecular weight excluding hydrogens is 422 g/mol. The predicted molar refractivity (Wildman–Crippen MR) is 126 cm³/mol. The molecule has 5 rings (SSSR count). The molecule has 0 radical (unpaired) electrons. The molecule has 0 spiro atoms. The number of benzene rings is 1. The van der Waals surface area contributed by atoms with Gasteiger partial charge in [0.15, 0.2) is 5.65 Å². The van der Waals surface area contributed by atoms with Crippen LogP contribution in [-0.2, 0) is 4.79 Å². The number of hydrogen-bond acceptors (Lipinski definition) is 6. The summed E-state index contributed by atoms with van der Waals surface area (Å²) in [5, 5.41) is 14.6. The Morgan fingerprint density at radius 1 is 1.30 bits per heavy atom. The van der Waals surface area contributed by atoms with E-state index in [1.165, 1.54) is 39.2 Å². The first-order valence-electron chi connectivity index (χ1n) is 10.9. The fraction of sp³-hybridized carbons (Fsp3) is 0.348. The summed E-state index contributed by atoms with van der Waals surface area (Å²) in [5.41, 5.74) is 2.32. The summed E-state index contributed by atoms with van der Waals surface area (Å²) in [7, 11) is 3.40. The van der Waals surface area contributed by atoms with Gasteiger partial charge in [-0.25, -0.2) is 9.50 Å². The summed E-state index contributed by atoms with van der Waals surface area (Å²) in [6, 6.07) is 5.77. The Labute approximate surface area is 192 Å². The highest BCUT2D eigenvalue weighted by Gasteiger charge is 2.17. The number of methoxy groups -OCH3 is 1. The van der Waals surface area contributed by atoms with Crippen molar-refractivity contribution in [3.8, 4) is 5.75 Å². The van der Waals surface area contributed by atoms with E-state index in [1.807, 2.05) is 7.05 Å². The molecule has 0 aliphatic heterocycles. The number of fused-ring (bicyclic) bond motifs is 2. The smallest absolute Gasteiger partial charge is 0.259 e. The Morgan fingerprint density at radius 3 is 2.88 bits per heavy atom. The number of ether oxygens (including phenoxy) is 1. The van der Waals surface area contributed by atoms with Crippen LogP contribution in [0.5, 0.6) is 5.75 Å². The van der Waals surface area contributed by atoms with Crippen molar-refractivity contribution in [2.45, 2.75) is 38.1 Å². The average molecular weight is 452 g/mol. The standard InChI is InChI=1S/C15H12N6O2.C8H15NO.H2/c1-23-13-6-11-9(7-17-20-11)5-10(13)15(22)19-12-8-18-21-4-2-3-16-14(12)21;1-9(7-10)8-5-3-2-4-6-8;/h2-8H,1H3,(H,17,20)(H,19,22);7-8H,2-6H2,1H3;1H. The van der Waals surface area contributed by atoms with Crippen molar-refractivity contribution in [3.63, 3.8) is 0 Å². The quantitative estimate of drug-likeness (QED) is 0.448. The molecule has 1 saturated carbocycles. The molecule has 4 aromatic rings. The number of anilines is 1. The van der Waals surface area contributed by atoms with E-state index in [9.17, 15) is 9.59 Å². The van der Waals surface area contributed by atoms with Crippen LogP contribution in [0.2, 0.25) is 0 Å². The molecule has 10 heteroatoms. The molecule has 2 N–H and O–H groups in total. The van der Waals surface area contributed by atoms with Gasteiger partial charge in [-0.3, -0.25) is 14.7 Å². The summed E-state index contributed by atoms with van der Waals surface area (Å²) in [5.74, 6) is 0.161. The number of aromatic amines is 1. The van der Waals surface area contributed by atoms with Gasteiger partial charge in [-0.05, 0) is 25.0 Å². The molecule has 3 heterocycles. The number of carbonyl (C=O) groups is 2. The Kier molecular flexibility index (Phi) is 6.82. The molecule has 1 aromatic carbocycles.